The lowest BCUT2D eigenvalue weighted by Gasteiger charge is -2.22. The van der Waals surface area contributed by atoms with Gasteiger partial charge in [-0.05, 0) is 30.5 Å². The third kappa shape index (κ3) is 4.80. The number of amides is 1. The molecular formula is C21H19NO6S2. The second-order valence-corrected chi connectivity index (χ2v) is 8.27. The van der Waals surface area contributed by atoms with Crippen molar-refractivity contribution in [3.05, 3.63) is 52.6 Å². The Bertz CT molecular complexity index is 1020. The summed E-state index contributed by atoms with van der Waals surface area (Å²) < 4.78 is 5.89. The van der Waals surface area contributed by atoms with Crippen LogP contribution in [0.3, 0.4) is 0 Å². The molecule has 1 atom stereocenters. The first-order valence-corrected chi connectivity index (χ1v) is 10.4. The molecule has 0 aliphatic carbocycles. The van der Waals surface area contributed by atoms with Crippen LogP contribution in [0.25, 0.3) is 17.4 Å². The number of aliphatic carboxylic acids is 2. The van der Waals surface area contributed by atoms with E-state index < -0.39 is 23.9 Å². The molecule has 1 fully saturated rings. The molecule has 0 radical (unpaired) electrons. The minimum absolute atomic E-state index is 0.0750. The molecule has 1 saturated heterocycles. The summed E-state index contributed by atoms with van der Waals surface area (Å²) in [7, 11) is 0. The summed E-state index contributed by atoms with van der Waals surface area (Å²) in [6.07, 6.45) is 1.84. The number of furan rings is 1. The van der Waals surface area contributed by atoms with Crippen LogP contribution in [0.15, 0.2) is 45.7 Å². The highest BCUT2D eigenvalue weighted by Crippen LogP contribution is 2.35. The maximum Gasteiger partial charge on any atom is 0.326 e. The molecule has 156 valence electrons. The van der Waals surface area contributed by atoms with E-state index in [4.69, 9.17) is 21.7 Å². The van der Waals surface area contributed by atoms with Gasteiger partial charge in [-0.15, -0.1) is 0 Å². The quantitative estimate of drug-likeness (QED) is 0.463. The number of carbonyl (C=O) groups excluding carboxylic acids is 1. The Morgan fingerprint density at radius 1 is 1.20 bits per heavy atom. The van der Waals surface area contributed by atoms with Crippen LogP contribution in [-0.4, -0.2) is 43.3 Å². The fourth-order valence-electron chi connectivity index (χ4n) is 2.99. The smallest absolute Gasteiger partial charge is 0.326 e. The van der Waals surface area contributed by atoms with E-state index in [9.17, 15) is 19.5 Å². The van der Waals surface area contributed by atoms with Crippen LogP contribution in [0.4, 0.5) is 0 Å². The molecule has 1 unspecified atom stereocenters. The van der Waals surface area contributed by atoms with Gasteiger partial charge in [-0.25, -0.2) is 4.79 Å². The Balaban J connectivity index is 1.80. The summed E-state index contributed by atoms with van der Waals surface area (Å²) >= 11 is 6.14. The summed E-state index contributed by atoms with van der Waals surface area (Å²) in [4.78, 5) is 36.3. The van der Waals surface area contributed by atoms with Gasteiger partial charge in [-0.3, -0.25) is 14.5 Å². The monoisotopic (exact) mass is 445 g/mol. The van der Waals surface area contributed by atoms with E-state index in [1.807, 2.05) is 24.3 Å². The maximum absolute atomic E-state index is 12.8. The van der Waals surface area contributed by atoms with E-state index in [0.717, 1.165) is 28.6 Å². The Morgan fingerprint density at radius 3 is 2.50 bits per heavy atom. The number of nitrogens with zero attached hydrogens (tertiary/aromatic N) is 1. The molecule has 7 nitrogen and oxygen atoms in total. The molecule has 2 N–H and O–H groups in total. The van der Waals surface area contributed by atoms with Gasteiger partial charge in [0.15, 0.2) is 0 Å². The molecule has 1 aromatic heterocycles. The zero-order valence-corrected chi connectivity index (χ0v) is 17.7. The molecule has 9 heteroatoms. The Labute approximate surface area is 182 Å². The number of benzene rings is 1. The number of rotatable bonds is 8. The number of carboxylic acid groups (broad SMARTS) is 2. The molecule has 2 heterocycles. The van der Waals surface area contributed by atoms with E-state index in [1.54, 1.807) is 12.1 Å². The van der Waals surface area contributed by atoms with E-state index in [-0.39, 0.29) is 22.1 Å². The maximum atomic E-state index is 12.8. The highest BCUT2D eigenvalue weighted by molar-refractivity contribution is 8.26. The molecule has 3 rings (SSSR count). The molecule has 1 aromatic carbocycles. The van der Waals surface area contributed by atoms with E-state index in [1.165, 1.54) is 11.6 Å². The lowest BCUT2D eigenvalue weighted by Crippen LogP contribution is -2.44. The fraction of sp³-hybridized carbons (Fsp3) is 0.238. The first kappa shape index (κ1) is 21.8. The van der Waals surface area contributed by atoms with Crippen LogP contribution in [0.1, 0.15) is 31.1 Å². The van der Waals surface area contributed by atoms with E-state index >= 15 is 0 Å². The molecule has 2 aromatic rings. The number of hydrogen-bond donors (Lipinski definition) is 2. The first-order chi connectivity index (χ1) is 14.3. The number of hydrogen-bond acceptors (Lipinski definition) is 6. The summed E-state index contributed by atoms with van der Waals surface area (Å²) in [6.45, 7) is 2.08. The van der Waals surface area contributed by atoms with E-state index in [2.05, 4.69) is 6.92 Å². The van der Waals surface area contributed by atoms with Gasteiger partial charge in [0, 0.05) is 18.1 Å². The van der Waals surface area contributed by atoms with Crippen molar-refractivity contribution in [1.29, 1.82) is 0 Å². The van der Waals surface area contributed by atoms with Crippen molar-refractivity contribution in [2.75, 3.05) is 0 Å². The van der Waals surface area contributed by atoms with Crippen molar-refractivity contribution >= 4 is 52.2 Å². The van der Waals surface area contributed by atoms with Gasteiger partial charge in [0.1, 0.15) is 21.9 Å². The van der Waals surface area contributed by atoms with Crippen LogP contribution in [0.5, 0.6) is 0 Å². The minimum Gasteiger partial charge on any atom is -0.481 e. The van der Waals surface area contributed by atoms with Crippen molar-refractivity contribution in [1.82, 2.24) is 4.90 Å². The van der Waals surface area contributed by atoms with Crippen molar-refractivity contribution in [2.45, 2.75) is 32.2 Å². The van der Waals surface area contributed by atoms with Crippen LogP contribution in [0.2, 0.25) is 0 Å². The van der Waals surface area contributed by atoms with E-state index in [0.29, 0.717) is 11.5 Å². The lowest BCUT2D eigenvalue weighted by atomic mass is 10.1. The van der Waals surface area contributed by atoms with Crippen molar-refractivity contribution in [2.24, 2.45) is 0 Å². The normalized spacial score (nSPS) is 16.3. The van der Waals surface area contributed by atoms with Crippen LogP contribution in [0, 0.1) is 0 Å². The third-order valence-corrected chi connectivity index (χ3v) is 5.93. The van der Waals surface area contributed by atoms with Gasteiger partial charge in [-0.1, -0.05) is 55.2 Å². The van der Waals surface area contributed by atoms with Crippen molar-refractivity contribution < 1.29 is 29.0 Å². The summed E-state index contributed by atoms with van der Waals surface area (Å²) in [5.41, 5.74) is 2.11. The van der Waals surface area contributed by atoms with Gasteiger partial charge >= 0.3 is 11.9 Å². The Kier molecular flexibility index (Phi) is 6.73. The highest BCUT2D eigenvalue weighted by Gasteiger charge is 2.40. The highest BCUT2D eigenvalue weighted by atomic mass is 32.2. The largest absolute Gasteiger partial charge is 0.481 e. The van der Waals surface area contributed by atoms with Crippen molar-refractivity contribution in [3.8, 4) is 11.3 Å². The molecule has 1 aliphatic heterocycles. The van der Waals surface area contributed by atoms with Gasteiger partial charge < -0.3 is 14.6 Å². The molecule has 0 spiro atoms. The zero-order chi connectivity index (χ0) is 21.8. The molecular weight excluding hydrogens is 426 g/mol. The number of carbonyl (C=O) groups is 3. The van der Waals surface area contributed by atoms with Crippen LogP contribution < -0.4 is 0 Å². The topological polar surface area (TPSA) is 108 Å². The lowest BCUT2D eigenvalue weighted by molar-refractivity contribution is -0.146. The number of aryl methyl sites for hydroxylation is 1. The zero-order valence-electron chi connectivity index (χ0n) is 16.0. The van der Waals surface area contributed by atoms with Gasteiger partial charge in [0.2, 0.25) is 0 Å². The molecule has 1 amide bonds. The van der Waals surface area contributed by atoms with Gasteiger partial charge in [0.25, 0.3) is 5.91 Å². The van der Waals surface area contributed by atoms with Gasteiger partial charge in [-0.2, -0.15) is 0 Å². The number of thioether (sulfide) groups is 1. The standard InChI is InChI=1S/C21H19NO6S2/c1-2-12-3-5-13(6-4-12)16-9-7-14(28-16)11-17-19(25)22(21(29)30-17)15(20(26)27)8-10-18(23)24/h3-7,9,11,15H,2,8,10H2,1H3,(H,23,24)(H,26,27)/b17-11-. The molecule has 0 saturated carbocycles. The first-order valence-electron chi connectivity index (χ1n) is 9.21. The van der Waals surface area contributed by atoms with Crippen LogP contribution >= 0.6 is 24.0 Å². The summed E-state index contributed by atoms with van der Waals surface area (Å²) in [5, 5.41) is 18.3. The summed E-state index contributed by atoms with van der Waals surface area (Å²) in [6, 6.07) is 10.1. The molecule has 30 heavy (non-hydrogen) atoms. The summed E-state index contributed by atoms with van der Waals surface area (Å²) in [5.74, 6) is -1.94. The SMILES string of the molecule is CCc1ccc(-c2ccc(/C=C3\SC(=S)N(C(CCC(=O)O)C(=O)O)C3=O)o2)cc1. The number of carboxylic acids is 2. The van der Waals surface area contributed by atoms with Crippen molar-refractivity contribution in [3.63, 3.8) is 0 Å². The average molecular weight is 446 g/mol. The Hall–Kier alpha value is -2.91. The second kappa shape index (κ2) is 9.27. The van der Waals surface area contributed by atoms with Crippen LogP contribution in [-0.2, 0) is 20.8 Å². The van der Waals surface area contributed by atoms with Gasteiger partial charge in [0.05, 0.1) is 4.91 Å². The predicted molar refractivity (Wildman–Crippen MR) is 117 cm³/mol. The number of thiocarbonyl (C=S) groups is 1. The predicted octanol–water partition coefficient (Wildman–Crippen LogP) is 4.03. The molecule has 1 aliphatic rings. The average Bonchev–Trinajstić information content (AvgIpc) is 3.28. The minimum atomic E-state index is -1.33. The third-order valence-electron chi connectivity index (χ3n) is 4.60. The Morgan fingerprint density at radius 2 is 1.90 bits per heavy atom. The second-order valence-electron chi connectivity index (χ2n) is 6.59. The fourth-order valence-corrected chi connectivity index (χ4v) is 4.33. The molecule has 0 bridgehead atoms.